The minimum absolute atomic E-state index is 0.0642. The number of nitrogens with one attached hydrogen (secondary N) is 1. The molecule has 0 aliphatic carbocycles. The van der Waals surface area contributed by atoms with Crippen LogP contribution < -0.4 is 10.2 Å². The highest BCUT2D eigenvalue weighted by Crippen LogP contribution is 2.28. The summed E-state index contributed by atoms with van der Waals surface area (Å²) in [5, 5.41) is 12.1. The van der Waals surface area contributed by atoms with E-state index in [-0.39, 0.29) is 42.5 Å². The maximum Gasteiger partial charge on any atom is 0.227 e. The van der Waals surface area contributed by atoms with Crippen LogP contribution >= 0.6 is 23.4 Å². The average Bonchev–Trinajstić information content (AvgIpc) is 2.95. The van der Waals surface area contributed by atoms with E-state index in [1.54, 1.807) is 11.8 Å². The van der Waals surface area contributed by atoms with Crippen molar-refractivity contribution in [3.05, 3.63) is 29.0 Å². The van der Waals surface area contributed by atoms with Crippen LogP contribution in [0.15, 0.2) is 18.2 Å². The molecule has 0 bridgehead atoms. The predicted molar refractivity (Wildman–Crippen MR) is 93.9 cm³/mol. The fraction of sp³-hybridized carbons (Fsp3) is 0.500. The zero-order valence-electron chi connectivity index (χ0n) is 13.3. The number of halogens is 2. The van der Waals surface area contributed by atoms with Crippen LogP contribution in [0.3, 0.4) is 0 Å². The maximum atomic E-state index is 13.2. The van der Waals surface area contributed by atoms with Crippen LogP contribution in [-0.2, 0) is 9.59 Å². The van der Waals surface area contributed by atoms with Gasteiger partial charge >= 0.3 is 0 Å². The molecule has 1 unspecified atom stereocenters. The molecule has 0 spiro atoms. The summed E-state index contributed by atoms with van der Waals surface area (Å²) in [7, 11) is 0. The molecule has 5 nitrogen and oxygen atoms in total. The Morgan fingerprint density at radius 2 is 2.33 bits per heavy atom. The van der Waals surface area contributed by atoms with Gasteiger partial charge in [0.15, 0.2) is 0 Å². The monoisotopic (exact) mass is 374 g/mol. The minimum atomic E-state index is -0.555. The van der Waals surface area contributed by atoms with Gasteiger partial charge in [0.25, 0.3) is 0 Å². The van der Waals surface area contributed by atoms with Crippen LogP contribution in [0, 0.1) is 11.7 Å². The van der Waals surface area contributed by atoms with Gasteiger partial charge in [0, 0.05) is 18.7 Å². The molecule has 1 fully saturated rings. The molecule has 2 rings (SSSR count). The van der Waals surface area contributed by atoms with E-state index in [1.807, 2.05) is 6.26 Å². The molecule has 132 valence electrons. The molecule has 0 saturated carbocycles. The molecule has 1 heterocycles. The summed E-state index contributed by atoms with van der Waals surface area (Å²) >= 11 is 7.39. The number of hydrogen-bond donors (Lipinski definition) is 2. The zero-order valence-corrected chi connectivity index (χ0v) is 14.9. The normalized spacial score (nSPS) is 18.8. The van der Waals surface area contributed by atoms with E-state index in [2.05, 4.69) is 5.32 Å². The number of hydrogen-bond acceptors (Lipinski definition) is 4. The Morgan fingerprint density at radius 3 is 2.96 bits per heavy atom. The van der Waals surface area contributed by atoms with Crippen molar-refractivity contribution in [3.8, 4) is 0 Å². The van der Waals surface area contributed by atoms with Gasteiger partial charge in [-0.2, -0.15) is 11.8 Å². The first-order valence-electron chi connectivity index (χ1n) is 7.61. The van der Waals surface area contributed by atoms with Crippen LogP contribution in [0.5, 0.6) is 0 Å². The summed E-state index contributed by atoms with van der Waals surface area (Å²) in [5.41, 5.74) is 0.475. The number of anilines is 1. The van der Waals surface area contributed by atoms with Gasteiger partial charge in [0.2, 0.25) is 11.8 Å². The third-order valence-corrected chi connectivity index (χ3v) is 4.88. The molecule has 1 aromatic carbocycles. The SMILES string of the molecule is CSCC[C@@H](CO)NC(=O)C1CC(=O)N(c2ccc(F)c(Cl)c2)C1. The highest BCUT2D eigenvalue weighted by molar-refractivity contribution is 7.98. The number of amides is 2. The fourth-order valence-corrected chi connectivity index (χ4v) is 3.27. The van der Waals surface area contributed by atoms with Crippen molar-refractivity contribution in [2.45, 2.75) is 18.9 Å². The van der Waals surface area contributed by atoms with E-state index in [0.29, 0.717) is 12.1 Å². The van der Waals surface area contributed by atoms with E-state index in [9.17, 15) is 19.1 Å². The van der Waals surface area contributed by atoms with Crippen molar-refractivity contribution < 1.29 is 19.1 Å². The molecule has 1 saturated heterocycles. The number of thioether (sulfide) groups is 1. The molecule has 1 aromatic rings. The lowest BCUT2D eigenvalue weighted by Crippen LogP contribution is -2.42. The van der Waals surface area contributed by atoms with E-state index >= 15 is 0 Å². The van der Waals surface area contributed by atoms with Crippen LogP contribution in [-0.4, -0.2) is 48.1 Å². The number of aliphatic hydroxyl groups is 1. The van der Waals surface area contributed by atoms with E-state index in [4.69, 9.17) is 11.6 Å². The number of carbonyl (C=O) groups is 2. The number of carbonyl (C=O) groups excluding carboxylic acids is 2. The Kier molecular flexibility index (Phi) is 6.89. The van der Waals surface area contributed by atoms with Crippen molar-refractivity contribution in [1.82, 2.24) is 5.32 Å². The Hall–Kier alpha value is -1.31. The molecule has 24 heavy (non-hydrogen) atoms. The first-order valence-corrected chi connectivity index (χ1v) is 9.39. The quantitative estimate of drug-likeness (QED) is 0.766. The van der Waals surface area contributed by atoms with Crippen LogP contribution in [0.4, 0.5) is 10.1 Å². The third-order valence-electron chi connectivity index (χ3n) is 3.95. The van der Waals surface area contributed by atoms with Gasteiger partial charge in [0.05, 0.1) is 23.6 Å². The molecular weight excluding hydrogens is 355 g/mol. The topological polar surface area (TPSA) is 69.6 Å². The summed E-state index contributed by atoms with van der Waals surface area (Å²) in [6.45, 7) is 0.0809. The molecule has 2 amide bonds. The summed E-state index contributed by atoms with van der Waals surface area (Å²) in [6.07, 6.45) is 2.71. The molecule has 1 aliphatic heterocycles. The first kappa shape index (κ1) is 19.0. The zero-order chi connectivity index (χ0) is 17.7. The second kappa shape index (κ2) is 8.69. The minimum Gasteiger partial charge on any atom is -0.394 e. The Bertz CT molecular complexity index is 617. The Balaban J connectivity index is 2.00. The lowest BCUT2D eigenvalue weighted by Gasteiger charge is -2.19. The molecular formula is C16H20ClFN2O3S. The highest BCUT2D eigenvalue weighted by atomic mass is 35.5. The van der Waals surface area contributed by atoms with Gasteiger partial charge in [-0.25, -0.2) is 4.39 Å². The lowest BCUT2D eigenvalue weighted by molar-refractivity contribution is -0.127. The Labute approximate surface area is 149 Å². The number of benzene rings is 1. The summed E-state index contributed by atoms with van der Waals surface area (Å²) in [5.74, 6) is -0.678. The lowest BCUT2D eigenvalue weighted by atomic mass is 10.1. The van der Waals surface area contributed by atoms with Crippen LogP contribution in [0.25, 0.3) is 0 Å². The van der Waals surface area contributed by atoms with Crippen molar-refractivity contribution in [3.63, 3.8) is 0 Å². The van der Waals surface area contributed by atoms with Gasteiger partial charge in [-0.1, -0.05) is 11.6 Å². The largest absolute Gasteiger partial charge is 0.394 e. The first-order chi connectivity index (χ1) is 11.5. The van der Waals surface area contributed by atoms with Gasteiger partial charge in [-0.3, -0.25) is 9.59 Å². The molecule has 8 heteroatoms. The van der Waals surface area contributed by atoms with Gasteiger partial charge in [0.1, 0.15) is 5.82 Å². The predicted octanol–water partition coefficient (Wildman–Crippen LogP) is 2.06. The van der Waals surface area contributed by atoms with Crippen molar-refractivity contribution >= 4 is 40.9 Å². The van der Waals surface area contributed by atoms with Crippen LogP contribution in [0.1, 0.15) is 12.8 Å². The smallest absolute Gasteiger partial charge is 0.227 e. The Morgan fingerprint density at radius 1 is 1.58 bits per heavy atom. The van der Waals surface area contributed by atoms with E-state index < -0.39 is 11.7 Å². The van der Waals surface area contributed by atoms with Crippen molar-refractivity contribution in [2.75, 3.05) is 30.1 Å². The number of rotatable bonds is 7. The molecule has 2 N–H and O–H groups in total. The molecule has 1 aliphatic rings. The summed E-state index contributed by atoms with van der Waals surface area (Å²) in [4.78, 5) is 25.9. The second-order valence-corrected chi connectivity index (χ2v) is 7.07. The van der Waals surface area contributed by atoms with Crippen LogP contribution in [0.2, 0.25) is 5.02 Å². The maximum absolute atomic E-state index is 13.2. The van der Waals surface area contributed by atoms with Crippen molar-refractivity contribution in [2.24, 2.45) is 5.92 Å². The molecule has 2 atom stereocenters. The number of nitrogens with zero attached hydrogens (tertiary/aromatic N) is 1. The summed E-state index contributed by atoms with van der Waals surface area (Å²) in [6, 6.07) is 3.73. The third kappa shape index (κ3) is 4.62. The van der Waals surface area contributed by atoms with Gasteiger partial charge in [-0.15, -0.1) is 0 Å². The van der Waals surface area contributed by atoms with E-state index in [1.165, 1.54) is 23.1 Å². The summed E-state index contributed by atoms with van der Waals surface area (Å²) < 4.78 is 13.2. The average molecular weight is 375 g/mol. The van der Waals surface area contributed by atoms with E-state index in [0.717, 1.165) is 5.75 Å². The standard InChI is InChI=1S/C16H20ClFN2O3S/c1-24-5-4-11(9-21)19-16(23)10-6-15(22)20(8-10)12-2-3-14(18)13(17)7-12/h2-3,7,10-11,21H,4-6,8-9H2,1H3,(H,19,23)/t10?,11-/m0/s1. The molecule has 0 aromatic heterocycles. The molecule has 0 radical (unpaired) electrons. The van der Waals surface area contributed by atoms with Gasteiger partial charge in [-0.05, 0) is 36.6 Å². The second-order valence-electron chi connectivity index (χ2n) is 5.67. The van der Waals surface area contributed by atoms with Crippen molar-refractivity contribution in [1.29, 1.82) is 0 Å². The fourth-order valence-electron chi connectivity index (χ4n) is 2.57. The highest BCUT2D eigenvalue weighted by Gasteiger charge is 2.35. The van der Waals surface area contributed by atoms with Gasteiger partial charge < -0.3 is 15.3 Å². The number of aliphatic hydroxyl groups excluding tert-OH is 1.